The Morgan fingerprint density at radius 1 is 1.14 bits per heavy atom. The zero-order chi connectivity index (χ0) is 25.9. The summed E-state index contributed by atoms with van der Waals surface area (Å²) in [4.78, 5) is 20.5. The summed E-state index contributed by atoms with van der Waals surface area (Å²) in [6.45, 7) is 10.00. The van der Waals surface area contributed by atoms with E-state index >= 15 is 0 Å². The lowest BCUT2D eigenvalue weighted by Gasteiger charge is -2.23. The van der Waals surface area contributed by atoms with Crippen molar-refractivity contribution >= 4 is 42.6 Å². The Balaban J connectivity index is 1.64. The van der Waals surface area contributed by atoms with Crippen LogP contribution in [0.1, 0.15) is 61.0 Å². The number of nitrogens with zero attached hydrogens (tertiary/aromatic N) is 3. The van der Waals surface area contributed by atoms with Crippen molar-refractivity contribution < 1.29 is 17.9 Å². The van der Waals surface area contributed by atoms with E-state index in [0.717, 1.165) is 47.0 Å². The number of unbranched alkanes of at least 4 members (excludes halogenated alkanes) is 1. The number of amides is 1. The van der Waals surface area contributed by atoms with Gasteiger partial charge in [-0.2, -0.15) is 4.31 Å². The van der Waals surface area contributed by atoms with Gasteiger partial charge in [-0.25, -0.2) is 13.4 Å². The summed E-state index contributed by atoms with van der Waals surface area (Å²) in [5, 5.41) is 0.632. The van der Waals surface area contributed by atoms with E-state index < -0.39 is 10.0 Å². The second-order valence-electron chi connectivity index (χ2n) is 9.28. The van der Waals surface area contributed by atoms with Crippen molar-refractivity contribution in [3.05, 3.63) is 53.1 Å². The van der Waals surface area contributed by atoms with E-state index in [4.69, 9.17) is 9.72 Å². The van der Waals surface area contributed by atoms with Gasteiger partial charge < -0.3 is 4.74 Å². The molecule has 1 aliphatic rings. The Morgan fingerprint density at radius 2 is 1.89 bits per heavy atom. The van der Waals surface area contributed by atoms with E-state index in [1.807, 2.05) is 26.8 Å². The second kappa shape index (κ2) is 11.4. The molecule has 1 amide bonds. The molecule has 2 heterocycles. The number of rotatable bonds is 10. The molecule has 1 fully saturated rings. The maximum atomic E-state index is 13.7. The number of aryl methyl sites for hydroxylation is 2. The zero-order valence-corrected chi connectivity index (χ0v) is 23.1. The van der Waals surface area contributed by atoms with Gasteiger partial charge >= 0.3 is 0 Å². The Labute approximate surface area is 218 Å². The van der Waals surface area contributed by atoms with E-state index in [9.17, 15) is 13.2 Å². The summed E-state index contributed by atoms with van der Waals surface area (Å²) >= 11 is 1.49. The van der Waals surface area contributed by atoms with Crippen molar-refractivity contribution in [2.45, 2.75) is 64.4 Å². The fourth-order valence-corrected chi connectivity index (χ4v) is 6.95. The predicted molar refractivity (Wildman–Crippen MR) is 146 cm³/mol. The average molecular weight is 530 g/mol. The molecule has 3 aromatic rings. The number of carbonyl (C=O) groups excluding carboxylic acids is 1. The third-order valence-corrected chi connectivity index (χ3v) is 9.84. The van der Waals surface area contributed by atoms with Gasteiger partial charge in [-0.15, -0.1) is 0 Å². The Morgan fingerprint density at radius 3 is 2.53 bits per heavy atom. The van der Waals surface area contributed by atoms with E-state index in [2.05, 4.69) is 13.0 Å². The molecule has 0 aliphatic carbocycles. The molecule has 4 rings (SSSR count). The zero-order valence-electron chi connectivity index (χ0n) is 21.5. The topological polar surface area (TPSA) is 79.8 Å². The van der Waals surface area contributed by atoms with E-state index in [1.54, 1.807) is 17.0 Å². The molecular formula is C27H35N3O4S2. The predicted octanol–water partition coefficient (Wildman–Crippen LogP) is 5.55. The van der Waals surface area contributed by atoms with Crippen LogP contribution in [-0.2, 0) is 14.8 Å². The number of ether oxygens (including phenoxy) is 1. The number of benzene rings is 2. The fraction of sp³-hybridized carbons (Fsp3) is 0.481. The summed E-state index contributed by atoms with van der Waals surface area (Å²) in [5.41, 5.74) is 3.61. The summed E-state index contributed by atoms with van der Waals surface area (Å²) in [6.07, 6.45) is 3.56. The first-order chi connectivity index (χ1) is 17.3. The smallest absolute Gasteiger partial charge is 0.260 e. The largest absolute Gasteiger partial charge is 0.376 e. The quantitative estimate of drug-likeness (QED) is 0.344. The summed E-state index contributed by atoms with van der Waals surface area (Å²) < 4.78 is 34.6. The first kappa shape index (κ1) is 26.7. The normalized spacial score (nSPS) is 16.2. The van der Waals surface area contributed by atoms with Crippen LogP contribution in [0.25, 0.3) is 10.2 Å². The van der Waals surface area contributed by atoms with Gasteiger partial charge in [0.25, 0.3) is 5.91 Å². The van der Waals surface area contributed by atoms with Gasteiger partial charge in [-0.3, -0.25) is 9.69 Å². The number of sulfonamides is 1. The molecule has 0 N–H and O–H groups in total. The van der Waals surface area contributed by atoms with E-state index in [-0.39, 0.29) is 16.9 Å². The molecule has 0 spiro atoms. The van der Waals surface area contributed by atoms with Crippen LogP contribution >= 0.6 is 11.3 Å². The van der Waals surface area contributed by atoms with Crippen LogP contribution in [0.2, 0.25) is 0 Å². The standard InChI is InChI=1S/C27H35N3O4S2/c1-5-7-16-29(6-2)36(32,33)23-13-11-21(12-14-23)26(31)30(18-22-9-8-17-34-22)27-28-25-20(4)19(3)10-15-24(25)35-27/h10-15,22H,5-9,16-18H2,1-4H3. The Hall–Kier alpha value is -2.33. The first-order valence-corrected chi connectivity index (χ1v) is 14.9. The molecule has 0 radical (unpaired) electrons. The molecular weight excluding hydrogens is 494 g/mol. The van der Waals surface area contributed by atoms with Crippen LogP contribution in [0.3, 0.4) is 0 Å². The maximum absolute atomic E-state index is 13.7. The lowest BCUT2D eigenvalue weighted by Crippen LogP contribution is -2.37. The summed E-state index contributed by atoms with van der Waals surface area (Å²) in [7, 11) is -3.60. The molecule has 1 atom stereocenters. The number of anilines is 1. The highest BCUT2D eigenvalue weighted by Crippen LogP contribution is 2.33. The van der Waals surface area contributed by atoms with Crippen molar-refractivity contribution in [1.82, 2.24) is 9.29 Å². The molecule has 7 nitrogen and oxygen atoms in total. The van der Waals surface area contributed by atoms with Crippen LogP contribution in [-0.4, -0.2) is 56.0 Å². The summed E-state index contributed by atoms with van der Waals surface area (Å²) in [6, 6.07) is 10.4. The van der Waals surface area contributed by atoms with Crippen LogP contribution in [0.15, 0.2) is 41.3 Å². The third-order valence-electron chi connectivity index (χ3n) is 6.81. The van der Waals surface area contributed by atoms with Crippen LogP contribution in [0, 0.1) is 13.8 Å². The molecule has 0 saturated carbocycles. The number of aromatic nitrogens is 1. The third kappa shape index (κ3) is 5.49. The minimum absolute atomic E-state index is 0.0416. The van der Waals surface area contributed by atoms with Gasteiger partial charge in [-0.05, 0) is 74.6 Å². The van der Waals surface area contributed by atoms with Crippen molar-refractivity contribution in [3.8, 4) is 0 Å². The molecule has 36 heavy (non-hydrogen) atoms. The van der Waals surface area contributed by atoms with Crippen molar-refractivity contribution in [2.75, 3.05) is 31.1 Å². The van der Waals surface area contributed by atoms with Gasteiger partial charge in [0.15, 0.2) is 5.13 Å². The molecule has 1 unspecified atom stereocenters. The lowest BCUT2D eigenvalue weighted by molar-refractivity contribution is 0.0917. The SMILES string of the molecule is CCCCN(CC)S(=O)(=O)c1ccc(C(=O)N(CC2CCCO2)c2nc3c(C)c(C)ccc3s2)cc1. The first-order valence-electron chi connectivity index (χ1n) is 12.7. The average Bonchev–Trinajstić information content (AvgIpc) is 3.55. The lowest BCUT2D eigenvalue weighted by atomic mass is 10.1. The van der Waals surface area contributed by atoms with Gasteiger partial charge in [0.2, 0.25) is 10.0 Å². The van der Waals surface area contributed by atoms with Crippen LogP contribution in [0.4, 0.5) is 5.13 Å². The minimum atomic E-state index is -3.60. The maximum Gasteiger partial charge on any atom is 0.260 e. The molecule has 1 aromatic heterocycles. The molecule has 1 aliphatic heterocycles. The van der Waals surface area contributed by atoms with Gasteiger partial charge in [-0.1, -0.05) is 37.7 Å². The Bertz CT molecular complexity index is 1310. The second-order valence-corrected chi connectivity index (χ2v) is 12.2. The number of hydrogen-bond acceptors (Lipinski definition) is 6. The number of carbonyl (C=O) groups is 1. The fourth-order valence-electron chi connectivity index (χ4n) is 4.43. The number of fused-ring (bicyclic) bond motifs is 1. The van der Waals surface area contributed by atoms with Gasteiger partial charge in [0.05, 0.1) is 27.8 Å². The van der Waals surface area contributed by atoms with Gasteiger partial charge in [0.1, 0.15) is 0 Å². The summed E-state index contributed by atoms with van der Waals surface area (Å²) in [5.74, 6) is -0.207. The minimum Gasteiger partial charge on any atom is -0.376 e. The van der Waals surface area contributed by atoms with Crippen LogP contribution < -0.4 is 4.90 Å². The van der Waals surface area contributed by atoms with Crippen LogP contribution in [0.5, 0.6) is 0 Å². The van der Waals surface area contributed by atoms with Crippen molar-refractivity contribution in [1.29, 1.82) is 0 Å². The molecule has 1 saturated heterocycles. The highest BCUT2D eigenvalue weighted by molar-refractivity contribution is 7.89. The molecule has 9 heteroatoms. The number of thiazole rings is 1. The van der Waals surface area contributed by atoms with Gasteiger partial charge in [0, 0.05) is 25.3 Å². The highest BCUT2D eigenvalue weighted by Gasteiger charge is 2.28. The van der Waals surface area contributed by atoms with Crippen molar-refractivity contribution in [2.24, 2.45) is 0 Å². The monoisotopic (exact) mass is 529 g/mol. The Kier molecular flexibility index (Phi) is 8.44. The molecule has 2 aromatic carbocycles. The van der Waals surface area contributed by atoms with E-state index in [0.29, 0.717) is 36.9 Å². The highest BCUT2D eigenvalue weighted by atomic mass is 32.2. The molecule has 0 bridgehead atoms. The number of hydrogen-bond donors (Lipinski definition) is 0. The van der Waals surface area contributed by atoms with E-state index in [1.165, 1.54) is 27.8 Å². The van der Waals surface area contributed by atoms with Crippen molar-refractivity contribution in [3.63, 3.8) is 0 Å². The molecule has 194 valence electrons.